The topological polar surface area (TPSA) is 108 Å². The van der Waals surface area contributed by atoms with E-state index in [4.69, 9.17) is 15.7 Å². The second-order valence-electron chi connectivity index (χ2n) is 4.70. The van der Waals surface area contributed by atoms with Crippen molar-refractivity contribution in [3.05, 3.63) is 35.9 Å². The average molecular weight is 295 g/mol. The summed E-state index contributed by atoms with van der Waals surface area (Å²) in [7, 11) is 3.01. The van der Waals surface area contributed by atoms with Gasteiger partial charge in [0.05, 0.1) is 12.7 Å². The Morgan fingerprint density at radius 3 is 2.57 bits per heavy atom. The molecule has 1 aromatic carbocycles. The minimum absolute atomic E-state index is 0.0920. The maximum atomic E-state index is 12.5. The van der Waals surface area contributed by atoms with Crippen molar-refractivity contribution >= 4 is 11.7 Å². The number of amidine groups is 1. The molecule has 1 aromatic rings. The predicted molar refractivity (Wildman–Crippen MR) is 78.1 cm³/mol. The maximum absolute atomic E-state index is 12.5. The number of amides is 1. The van der Waals surface area contributed by atoms with Crippen LogP contribution in [0.4, 0.5) is 0 Å². The summed E-state index contributed by atoms with van der Waals surface area (Å²) >= 11 is 0. The zero-order valence-electron chi connectivity index (χ0n) is 12.1. The molecule has 0 aromatic heterocycles. The fourth-order valence-electron chi connectivity index (χ4n) is 2.01. The molecule has 0 saturated heterocycles. The van der Waals surface area contributed by atoms with E-state index in [1.165, 1.54) is 12.0 Å². The first-order valence-electron chi connectivity index (χ1n) is 6.45. The molecule has 4 N–H and O–H groups in total. The summed E-state index contributed by atoms with van der Waals surface area (Å²) in [5.74, 6) is -1.46. The van der Waals surface area contributed by atoms with Gasteiger partial charge in [0.1, 0.15) is 5.92 Å². The third-order valence-electron chi connectivity index (χ3n) is 3.01. The van der Waals surface area contributed by atoms with Crippen LogP contribution in [0.25, 0.3) is 0 Å². The van der Waals surface area contributed by atoms with Crippen LogP contribution in [-0.4, -0.2) is 60.4 Å². The van der Waals surface area contributed by atoms with Gasteiger partial charge in [-0.05, 0) is 5.56 Å². The molecule has 7 nitrogen and oxygen atoms in total. The quantitative estimate of drug-likeness (QED) is 0.283. The highest BCUT2D eigenvalue weighted by molar-refractivity contribution is 6.07. The Balaban J connectivity index is 2.92. The van der Waals surface area contributed by atoms with Gasteiger partial charge in [0.15, 0.2) is 5.84 Å². The van der Waals surface area contributed by atoms with E-state index in [1.807, 2.05) is 6.07 Å². The molecular weight excluding hydrogens is 274 g/mol. The van der Waals surface area contributed by atoms with E-state index in [9.17, 15) is 9.90 Å². The van der Waals surface area contributed by atoms with Crippen molar-refractivity contribution in [2.45, 2.75) is 12.0 Å². The van der Waals surface area contributed by atoms with Crippen LogP contribution in [0.5, 0.6) is 0 Å². The highest BCUT2D eigenvalue weighted by Gasteiger charge is 2.28. The molecule has 2 atom stereocenters. The smallest absolute Gasteiger partial charge is 0.237 e. The van der Waals surface area contributed by atoms with Crippen LogP contribution in [0.1, 0.15) is 11.5 Å². The number of benzene rings is 1. The Labute approximate surface area is 123 Å². The summed E-state index contributed by atoms with van der Waals surface area (Å²) in [5.41, 5.74) is 6.26. The number of methoxy groups -OCH3 is 1. The highest BCUT2D eigenvalue weighted by Crippen LogP contribution is 2.18. The van der Waals surface area contributed by atoms with E-state index in [1.54, 1.807) is 31.3 Å². The van der Waals surface area contributed by atoms with Crippen LogP contribution >= 0.6 is 0 Å². The van der Waals surface area contributed by atoms with Gasteiger partial charge >= 0.3 is 0 Å². The molecule has 0 saturated carbocycles. The Bertz CT molecular complexity index is 478. The highest BCUT2D eigenvalue weighted by atomic mass is 16.5. The molecule has 7 heteroatoms. The number of hydrogen-bond donors (Lipinski definition) is 3. The van der Waals surface area contributed by atoms with E-state index in [0.717, 1.165) is 0 Å². The fourth-order valence-corrected chi connectivity index (χ4v) is 2.01. The third-order valence-corrected chi connectivity index (χ3v) is 3.01. The lowest BCUT2D eigenvalue weighted by Crippen LogP contribution is -2.42. The fraction of sp³-hybridized carbons (Fsp3) is 0.429. The summed E-state index contributed by atoms with van der Waals surface area (Å²) in [6.07, 6.45) is -0.798. The van der Waals surface area contributed by atoms with E-state index in [0.29, 0.717) is 5.56 Å². The number of rotatable bonds is 7. The van der Waals surface area contributed by atoms with Crippen LogP contribution in [0, 0.1) is 0 Å². The van der Waals surface area contributed by atoms with E-state index in [2.05, 4.69) is 5.16 Å². The van der Waals surface area contributed by atoms with Crippen molar-refractivity contribution in [2.75, 3.05) is 27.3 Å². The zero-order chi connectivity index (χ0) is 15.8. The van der Waals surface area contributed by atoms with Gasteiger partial charge in [-0.2, -0.15) is 0 Å². The Morgan fingerprint density at radius 1 is 1.43 bits per heavy atom. The van der Waals surface area contributed by atoms with Crippen molar-refractivity contribution < 1.29 is 19.8 Å². The minimum Gasteiger partial charge on any atom is -0.409 e. The SMILES string of the molecule is COCC(O)CN(C)C(=O)C(C(N)=NO)c1ccccc1. The van der Waals surface area contributed by atoms with Gasteiger partial charge in [-0.25, -0.2) is 0 Å². The summed E-state index contributed by atoms with van der Waals surface area (Å²) in [6, 6.07) is 8.78. The molecule has 0 radical (unpaired) electrons. The van der Waals surface area contributed by atoms with E-state index in [-0.39, 0.29) is 24.9 Å². The molecule has 0 aliphatic carbocycles. The molecule has 0 aliphatic rings. The number of carbonyl (C=O) groups excluding carboxylic acids is 1. The summed E-state index contributed by atoms with van der Waals surface area (Å²) < 4.78 is 4.82. The van der Waals surface area contributed by atoms with Crippen LogP contribution in [-0.2, 0) is 9.53 Å². The maximum Gasteiger partial charge on any atom is 0.237 e. The first kappa shape index (κ1) is 16.9. The summed E-state index contributed by atoms with van der Waals surface area (Å²) in [6.45, 7) is 0.214. The second-order valence-corrected chi connectivity index (χ2v) is 4.70. The van der Waals surface area contributed by atoms with Crippen LogP contribution in [0.2, 0.25) is 0 Å². The lowest BCUT2D eigenvalue weighted by molar-refractivity contribution is -0.131. The predicted octanol–water partition coefficient (Wildman–Crippen LogP) is -0.0177. The van der Waals surface area contributed by atoms with E-state index >= 15 is 0 Å². The second kappa shape index (κ2) is 8.23. The van der Waals surface area contributed by atoms with Crippen LogP contribution in [0.3, 0.4) is 0 Å². The van der Waals surface area contributed by atoms with Crippen molar-refractivity contribution in [1.29, 1.82) is 0 Å². The van der Waals surface area contributed by atoms with Crippen molar-refractivity contribution in [3.63, 3.8) is 0 Å². The van der Waals surface area contributed by atoms with Gasteiger partial charge in [0.2, 0.25) is 5.91 Å². The Hall–Kier alpha value is -2.12. The Kier molecular flexibility index (Phi) is 6.64. The summed E-state index contributed by atoms with van der Waals surface area (Å²) in [5, 5.41) is 21.5. The number of hydrogen-bond acceptors (Lipinski definition) is 5. The number of nitrogens with zero attached hydrogens (tertiary/aromatic N) is 2. The Morgan fingerprint density at radius 2 is 2.05 bits per heavy atom. The number of nitrogens with two attached hydrogens (primary N) is 1. The first-order chi connectivity index (χ1) is 10.0. The molecule has 0 aliphatic heterocycles. The van der Waals surface area contributed by atoms with Gasteiger partial charge in [0, 0.05) is 20.7 Å². The lowest BCUT2D eigenvalue weighted by Gasteiger charge is -2.25. The largest absolute Gasteiger partial charge is 0.409 e. The molecule has 1 amide bonds. The number of aliphatic hydroxyl groups excluding tert-OH is 1. The van der Waals surface area contributed by atoms with E-state index < -0.39 is 12.0 Å². The lowest BCUT2D eigenvalue weighted by atomic mass is 9.96. The molecule has 0 heterocycles. The molecule has 1 rings (SSSR count). The van der Waals surface area contributed by atoms with Crippen molar-refractivity contribution in [2.24, 2.45) is 10.9 Å². The standard InChI is InChI=1S/C14H21N3O4/c1-17(8-11(18)9-21-2)14(19)12(13(15)16-20)10-6-4-3-5-7-10/h3-7,11-12,18,20H,8-9H2,1-2H3,(H2,15,16). The average Bonchev–Trinajstić information content (AvgIpc) is 2.48. The molecule has 0 bridgehead atoms. The monoisotopic (exact) mass is 295 g/mol. The van der Waals surface area contributed by atoms with Gasteiger partial charge in [-0.15, -0.1) is 0 Å². The van der Waals surface area contributed by atoms with Crippen molar-refractivity contribution in [1.82, 2.24) is 4.90 Å². The normalized spacial score (nSPS) is 14.5. The zero-order valence-corrected chi connectivity index (χ0v) is 12.1. The number of aliphatic hydroxyl groups is 1. The number of likely N-dealkylation sites (N-methyl/N-ethyl adjacent to an activating group) is 1. The molecule has 21 heavy (non-hydrogen) atoms. The molecule has 0 fully saturated rings. The first-order valence-corrected chi connectivity index (χ1v) is 6.45. The molecular formula is C14H21N3O4. The number of oxime groups is 1. The third kappa shape index (κ3) is 4.73. The van der Waals surface area contributed by atoms with Gasteiger partial charge in [0.25, 0.3) is 0 Å². The van der Waals surface area contributed by atoms with Gasteiger partial charge in [-0.3, -0.25) is 4.79 Å². The van der Waals surface area contributed by atoms with Crippen LogP contribution < -0.4 is 5.73 Å². The molecule has 0 spiro atoms. The van der Waals surface area contributed by atoms with Crippen LogP contribution in [0.15, 0.2) is 35.5 Å². The van der Waals surface area contributed by atoms with Crippen molar-refractivity contribution in [3.8, 4) is 0 Å². The molecule has 116 valence electrons. The van der Waals surface area contributed by atoms with Gasteiger partial charge < -0.3 is 25.7 Å². The summed E-state index contributed by atoms with van der Waals surface area (Å²) in [4.78, 5) is 13.8. The number of ether oxygens (including phenoxy) is 1. The molecule has 2 unspecified atom stereocenters. The van der Waals surface area contributed by atoms with Gasteiger partial charge in [-0.1, -0.05) is 35.5 Å². The minimum atomic E-state index is -0.893. The number of carbonyl (C=O) groups is 1.